The number of nitrogens with one attached hydrogen (secondary N) is 1. The molecule has 2 atom stereocenters. The van der Waals surface area contributed by atoms with Gasteiger partial charge >= 0.3 is 0 Å². The summed E-state index contributed by atoms with van der Waals surface area (Å²) in [7, 11) is -2.52. The lowest BCUT2D eigenvalue weighted by atomic mass is 10.1. The number of hydrogen-bond donors (Lipinski definition) is 2. The summed E-state index contributed by atoms with van der Waals surface area (Å²) in [6.45, 7) is 8.64. The van der Waals surface area contributed by atoms with E-state index in [1.54, 1.807) is 0 Å². The van der Waals surface area contributed by atoms with E-state index >= 15 is 0 Å². The van der Waals surface area contributed by atoms with E-state index in [9.17, 15) is 5.11 Å². The predicted molar refractivity (Wildman–Crippen MR) is 127 cm³/mol. The molecule has 0 radical (unpaired) electrons. The molecule has 1 fully saturated rings. The molecule has 1 aliphatic rings. The third-order valence-corrected chi connectivity index (χ3v) is 10.3. The molecule has 3 nitrogen and oxygen atoms in total. The van der Waals surface area contributed by atoms with Gasteiger partial charge in [-0.1, -0.05) is 81.4 Å². The summed E-state index contributed by atoms with van der Waals surface area (Å²) in [6, 6.07) is 21.4. The SMILES string of the molecule is CC(C)(C)[Si](O[C@@H]1CNC[C@H]1CO)(c1ccccc1)c1ccccc1.S.S. The average Bonchev–Trinajstić information content (AvgIpc) is 3.07. The second kappa shape index (κ2) is 10.1. The normalized spacial score (nSPS) is 19.9. The van der Waals surface area contributed by atoms with Crippen LogP contribution in [0.25, 0.3) is 0 Å². The zero-order valence-electron chi connectivity index (χ0n) is 16.4. The van der Waals surface area contributed by atoms with Crippen LogP contribution in [-0.2, 0) is 4.43 Å². The number of aliphatic hydroxyl groups is 1. The summed E-state index contributed by atoms with van der Waals surface area (Å²) in [5, 5.41) is 15.7. The quantitative estimate of drug-likeness (QED) is 0.726. The Balaban J connectivity index is 0.00000182. The first-order valence-electron chi connectivity index (χ1n) is 9.09. The predicted octanol–water partition coefficient (Wildman–Crippen LogP) is 2.37. The molecule has 0 saturated carbocycles. The Labute approximate surface area is 178 Å². The molecule has 1 saturated heterocycles. The molecular weight excluding hydrogens is 390 g/mol. The van der Waals surface area contributed by atoms with Crippen molar-refractivity contribution in [1.82, 2.24) is 5.32 Å². The lowest BCUT2D eigenvalue weighted by Gasteiger charge is -2.45. The Kier molecular flexibility index (Phi) is 9.12. The van der Waals surface area contributed by atoms with Gasteiger partial charge in [-0.05, 0) is 15.4 Å². The summed E-state index contributed by atoms with van der Waals surface area (Å²) in [5.41, 5.74) is 0. The molecule has 1 heterocycles. The van der Waals surface area contributed by atoms with Crippen LogP contribution in [0.1, 0.15) is 20.8 Å². The minimum Gasteiger partial charge on any atom is -0.403 e. The lowest BCUT2D eigenvalue weighted by Crippen LogP contribution is -2.68. The molecule has 0 unspecified atom stereocenters. The first-order chi connectivity index (χ1) is 12.0. The van der Waals surface area contributed by atoms with Crippen LogP contribution in [0.5, 0.6) is 0 Å². The van der Waals surface area contributed by atoms with Crippen LogP contribution in [-0.4, -0.2) is 39.2 Å². The molecule has 6 heteroatoms. The maximum atomic E-state index is 9.77. The molecule has 2 N–H and O–H groups in total. The molecule has 2 aromatic rings. The molecule has 150 valence electrons. The third-order valence-electron chi connectivity index (χ3n) is 5.26. The zero-order valence-corrected chi connectivity index (χ0v) is 19.4. The monoisotopic (exact) mass is 423 g/mol. The van der Waals surface area contributed by atoms with E-state index in [2.05, 4.69) is 86.8 Å². The van der Waals surface area contributed by atoms with Gasteiger partial charge in [0, 0.05) is 25.6 Å². The van der Waals surface area contributed by atoms with Crippen LogP contribution in [0.2, 0.25) is 5.04 Å². The van der Waals surface area contributed by atoms with Crippen molar-refractivity contribution in [2.24, 2.45) is 5.92 Å². The smallest absolute Gasteiger partial charge is 0.261 e. The van der Waals surface area contributed by atoms with E-state index in [1.165, 1.54) is 10.4 Å². The van der Waals surface area contributed by atoms with Crippen LogP contribution in [0.15, 0.2) is 60.7 Å². The highest BCUT2D eigenvalue weighted by atomic mass is 32.1. The second-order valence-corrected chi connectivity index (χ2v) is 12.2. The molecule has 0 spiro atoms. The van der Waals surface area contributed by atoms with Gasteiger partial charge in [-0.15, -0.1) is 0 Å². The van der Waals surface area contributed by atoms with E-state index in [0.29, 0.717) is 0 Å². The Hall–Kier alpha value is -0.763. The standard InChI is InChI=1S/C21H29NO2Si.2H2S/c1-21(2,3)25(18-10-6-4-7-11-18,19-12-8-5-9-13-19)24-20-15-22-14-17(20)16-23;;/h4-13,17,20,22-23H,14-16H2,1-3H3;2*1H2/t17-,20+;;/m0../s1. The van der Waals surface area contributed by atoms with Crippen molar-refractivity contribution in [2.75, 3.05) is 19.7 Å². The fourth-order valence-corrected chi connectivity index (χ4v) is 8.69. The minimum absolute atomic E-state index is 0. The van der Waals surface area contributed by atoms with Crippen LogP contribution in [0.4, 0.5) is 0 Å². The van der Waals surface area contributed by atoms with Crippen LogP contribution < -0.4 is 15.7 Å². The first kappa shape index (κ1) is 24.3. The van der Waals surface area contributed by atoms with Crippen molar-refractivity contribution in [1.29, 1.82) is 0 Å². The van der Waals surface area contributed by atoms with Crippen molar-refractivity contribution in [2.45, 2.75) is 31.9 Å². The van der Waals surface area contributed by atoms with Gasteiger partial charge in [0.05, 0.1) is 6.10 Å². The summed E-state index contributed by atoms with van der Waals surface area (Å²) in [4.78, 5) is 0. The largest absolute Gasteiger partial charge is 0.403 e. The minimum atomic E-state index is -2.52. The number of benzene rings is 2. The van der Waals surface area contributed by atoms with Crippen LogP contribution in [0, 0.1) is 5.92 Å². The Morgan fingerprint density at radius 3 is 1.81 bits per heavy atom. The molecule has 0 aliphatic carbocycles. The topological polar surface area (TPSA) is 41.5 Å². The van der Waals surface area contributed by atoms with Crippen molar-refractivity contribution in [3.8, 4) is 0 Å². The van der Waals surface area contributed by atoms with Crippen molar-refractivity contribution in [3.05, 3.63) is 60.7 Å². The van der Waals surface area contributed by atoms with Crippen LogP contribution in [0.3, 0.4) is 0 Å². The molecular formula is C21H33NO2S2Si. The fraction of sp³-hybridized carbons (Fsp3) is 0.429. The number of hydrogen-bond acceptors (Lipinski definition) is 3. The Bertz CT molecular complexity index is 640. The van der Waals surface area contributed by atoms with E-state index in [4.69, 9.17) is 4.43 Å². The molecule has 1 aliphatic heterocycles. The van der Waals surface area contributed by atoms with Gasteiger partial charge in [-0.25, -0.2) is 0 Å². The molecule has 3 rings (SSSR count). The van der Waals surface area contributed by atoms with Crippen molar-refractivity contribution >= 4 is 45.7 Å². The third kappa shape index (κ3) is 4.81. The van der Waals surface area contributed by atoms with E-state index in [1.807, 2.05) is 0 Å². The van der Waals surface area contributed by atoms with E-state index in [0.717, 1.165) is 13.1 Å². The molecule has 2 aromatic carbocycles. The Morgan fingerprint density at radius 2 is 1.41 bits per heavy atom. The van der Waals surface area contributed by atoms with Gasteiger partial charge < -0.3 is 14.8 Å². The maximum absolute atomic E-state index is 9.77. The van der Waals surface area contributed by atoms with Gasteiger partial charge in [-0.3, -0.25) is 0 Å². The highest BCUT2D eigenvalue weighted by molar-refractivity contribution is 7.59. The van der Waals surface area contributed by atoms with E-state index in [-0.39, 0.29) is 50.7 Å². The van der Waals surface area contributed by atoms with Crippen molar-refractivity contribution < 1.29 is 9.53 Å². The molecule has 27 heavy (non-hydrogen) atoms. The maximum Gasteiger partial charge on any atom is 0.261 e. The van der Waals surface area contributed by atoms with Gasteiger partial charge in [0.25, 0.3) is 8.32 Å². The van der Waals surface area contributed by atoms with Gasteiger partial charge in [0.1, 0.15) is 0 Å². The van der Waals surface area contributed by atoms with Gasteiger partial charge in [0.15, 0.2) is 0 Å². The highest BCUT2D eigenvalue weighted by Crippen LogP contribution is 2.38. The highest BCUT2D eigenvalue weighted by Gasteiger charge is 2.52. The Morgan fingerprint density at radius 1 is 0.926 bits per heavy atom. The van der Waals surface area contributed by atoms with Crippen molar-refractivity contribution in [3.63, 3.8) is 0 Å². The summed E-state index contributed by atoms with van der Waals surface area (Å²) in [6.07, 6.45) is 0.0382. The first-order valence-corrected chi connectivity index (χ1v) is 11.0. The van der Waals surface area contributed by atoms with Gasteiger partial charge in [0.2, 0.25) is 0 Å². The fourth-order valence-electron chi connectivity index (χ4n) is 3.95. The molecule has 0 aromatic heterocycles. The van der Waals surface area contributed by atoms with Crippen LogP contribution >= 0.6 is 27.0 Å². The average molecular weight is 424 g/mol. The number of rotatable bonds is 5. The van der Waals surface area contributed by atoms with Gasteiger partial charge in [-0.2, -0.15) is 27.0 Å². The molecule has 0 amide bonds. The summed E-state index contributed by atoms with van der Waals surface area (Å²) >= 11 is 0. The number of aliphatic hydroxyl groups excluding tert-OH is 1. The summed E-state index contributed by atoms with van der Waals surface area (Å²) in [5.74, 6) is 0.154. The zero-order chi connectivity index (χ0) is 17.9. The van der Waals surface area contributed by atoms with E-state index < -0.39 is 8.32 Å². The second-order valence-electron chi connectivity index (χ2n) is 7.92. The molecule has 0 bridgehead atoms. The summed E-state index contributed by atoms with van der Waals surface area (Å²) < 4.78 is 7.06. The lowest BCUT2D eigenvalue weighted by molar-refractivity contribution is 0.114.